The molecule has 1 aromatic heterocycles. The number of carbonyl (C=O) groups is 1. The zero-order valence-corrected chi connectivity index (χ0v) is 15.5. The summed E-state index contributed by atoms with van der Waals surface area (Å²) in [5, 5.41) is 3.15. The predicted molar refractivity (Wildman–Crippen MR) is 102 cm³/mol. The van der Waals surface area contributed by atoms with Crippen LogP contribution in [0, 0.1) is 5.92 Å². The monoisotopic (exact) mass is 384 g/mol. The van der Waals surface area contributed by atoms with E-state index in [1.165, 1.54) is 0 Å². The molecule has 2 aliphatic heterocycles. The Morgan fingerprint density at radius 1 is 1.19 bits per heavy atom. The maximum absolute atomic E-state index is 12.6. The highest BCUT2D eigenvalue weighted by molar-refractivity contribution is 7.90. The smallest absolute Gasteiger partial charge is 0.286 e. The van der Waals surface area contributed by atoms with Crippen LogP contribution >= 0.6 is 0 Å². The van der Waals surface area contributed by atoms with E-state index in [-0.39, 0.29) is 23.1 Å². The number of para-hydroxylation sites is 1. The summed E-state index contributed by atoms with van der Waals surface area (Å²) in [6.45, 7) is 1.12. The molecule has 4 rings (SSSR count). The van der Waals surface area contributed by atoms with Gasteiger partial charge in [0.1, 0.15) is 10.7 Å². The number of carbonyl (C=O) groups excluding carboxylic acids is 1. The Morgan fingerprint density at radius 3 is 2.81 bits per heavy atom. The first kappa shape index (κ1) is 17.7. The molecule has 0 bridgehead atoms. The second-order valence-electron chi connectivity index (χ2n) is 6.75. The van der Waals surface area contributed by atoms with Crippen LogP contribution in [0.3, 0.4) is 0 Å². The zero-order valence-electron chi connectivity index (χ0n) is 14.7. The number of likely N-dealkylation sites (tertiary alicyclic amines) is 1. The van der Waals surface area contributed by atoms with Crippen molar-refractivity contribution in [3.8, 4) is 0 Å². The quantitative estimate of drug-likeness (QED) is 0.875. The fourth-order valence-electron chi connectivity index (χ4n) is 3.51. The average Bonchev–Trinajstić information content (AvgIpc) is 2.68. The van der Waals surface area contributed by atoms with Crippen LogP contribution in [0.25, 0.3) is 0 Å². The van der Waals surface area contributed by atoms with Gasteiger partial charge in [0.05, 0.1) is 12.1 Å². The number of anilines is 1. The molecule has 3 heterocycles. The van der Waals surface area contributed by atoms with Gasteiger partial charge in [-0.05, 0) is 37.1 Å². The number of fused-ring (bicyclic) bond motifs is 1. The van der Waals surface area contributed by atoms with Crippen molar-refractivity contribution in [2.24, 2.45) is 10.3 Å². The van der Waals surface area contributed by atoms with Crippen molar-refractivity contribution in [3.05, 3.63) is 54.4 Å². The van der Waals surface area contributed by atoms with Crippen molar-refractivity contribution in [2.75, 3.05) is 18.4 Å². The maximum atomic E-state index is 12.6. The van der Waals surface area contributed by atoms with Gasteiger partial charge in [0.2, 0.25) is 5.91 Å². The Bertz CT molecular complexity index is 989. The highest BCUT2D eigenvalue weighted by atomic mass is 32.2. The molecule has 1 amide bonds. The van der Waals surface area contributed by atoms with Crippen molar-refractivity contribution in [3.63, 3.8) is 0 Å². The number of pyridine rings is 1. The molecular formula is C19H20N4O3S. The Hall–Kier alpha value is -2.74. The molecular weight excluding hydrogens is 364 g/mol. The predicted octanol–water partition coefficient (Wildman–Crippen LogP) is 2.08. The summed E-state index contributed by atoms with van der Waals surface area (Å²) in [5.41, 5.74) is 1.27. The Kier molecular flexibility index (Phi) is 4.65. The third kappa shape index (κ3) is 3.71. The van der Waals surface area contributed by atoms with Crippen LogP contribution in [0.4, 0.5) is 5.69 Å². The normalized spacial score (nSPS) is 21.0. The second-order valence-corrected chi connectivity index (χ2v) is 8.32. The summed E-state index contributed by atoms with van der Waals surface area (Å²) in [5.74, 6) is 0.289. The van der Waals surface area contributed by atoms with Crippen LogP contribution in [0.2, 0.25) is 0 Å². The topological polar surface area (TPSA) is 91.7 Å². The van der Waals surface area contributed by atoms with Crippen LogP contribution in [0.5, 0.6) is 0 Å². The van der Waals surface area contributed by atoms with Crippen LogP contribution in [-0.2, 0) is 21.2 Å². The van der Waals surface area contributed by atoms with Gasteiger partial charge in [0.15, 0.2) is 0 Å². The zero-order chi connectivity index (χ0) is 18.9. The van der Waals surface area contributed by atoms with Crippen molar-refractivity contribution < 1.29 is 13.2 Å². The van der Waals surface area contributed by atoms with Gasteiger partial charge in [-0.2, -0.15) is 8.42 Å². The lowest BCUT2D eigenvalue weighted by Crippen LogP contribution is -2.45. The van der Waals surface area contributed by atoms with Gasteiger partial charge in [-0.15, -0.1) is 4.40 Å². The molecule has 1 N–H and O–H groups in total. The number of nitrogens with one attached hydrogen (secondary N) is 1. The van der Waals surface area contributed by atoms with E-state index >= 15 is 0 Å². The van der Waals surface area contributed by atoms with E-state index in [9.17, 15) is 13.2 Å². The summed E-state index contributed by atoms with van der Waals surface area (Å²) in [4.78, 5) is 18.8. The molecule has 0 saturated carbocycles. The van der Waals surface area contributed by atoms with Crippen LogP contribution < -0.4 is 5.32 Å². The molecule has 7 nitrogen and oxygen atoms in total. The number of rotatable bonds is 3. The van der Waals surface area contributed by atoms with E-state index in [2.05, 4.69) is 14.7 Å². The SMILES string of the molecule is O=C(Cc1ccccn1)N1CCC[C@H](C2=NS(=O)(=O)c3ccccc3N2)C1. The lowest BCUT2D eigenvalue weighted by Gasteiger charge is -2.34. The van der Waals surface area contributed by atoms with Gasteiger partial charge in [-0.3, -0.25) is 9.78 Å². The van der Waals surface area contributed by atoms with E-state index in [0.29, 0.717) is 24.6 Å². The summed E-state index contributed by atoms with van der Waals surface area (Å²) in [6.07, 6.45) is 3.51. The molecule has 2 aliphatic rings. The number of aromatic nitrogens is 1. The van der Waals surface area contributed by atoms with Gasteiger partial charge in [-0.1, -0.05) is 18.2 Å². The summed E-state index contributed by atoms with van der Waals surface area (Å²) < 4.78 is 28.9. The van der Waals surface area contributed by atoms with E-state index in [0.717, 1.165) is 18.5 Å². The minimum atomic E-state index is -3.71. The van der Waals surface area contributed by atoms with Gasteiger partial charge in [0.25, 0.3) is 10.0 Å². The third-order valence-corrected chi connectivity index (χ3v) is 6.21. The largest absolute Gasteiger partial charge is 0.342 e. The number of amidine groups is 1. The van der Waals surface area contributed by atoms with Crippen molar-refractivity contribution in [1.82, 2.24) is 9.88 Å². The molecule has 0 unspecified atom stereocenters. The fraction of sp³-hybridized carbons (Fsp3) is 0.316. The highest BCUT2D eigenvalue weighted by Gasteiger charge is 2.32. The standard InChI is InChI=1S/C19H20N4O3S/c24-18(12-15-7-3-4-10-20-15)23-11-5-6-14(13-23)19-21-16-8-1-2-9-17(16)27(25,26)22-19/h1-4,7-10,14H,5-6,11-13H2,(H,21,22)/t14-/m0/s1. The van der Waals surface area contributed by atoms with Gasteiger partial charge >= 0.3 is 0 Å². The number of piperidine rings is 1. The molecule has 0 radical (unpaired) electrons. The van der Waals surface area contributed by atoms with Crippen LogP contribution in [0.1, 0.15) is 18.5 Å². The van der Waals surface area contributed by atoms with Crippen molar-refractivity contribution >= 4 is 27.5 Å². The summed E-state index contributed by atoms with van der Waals surface area (Å²) >= 11 is 0. The Labute approximate surface area is 158 Å². The van der Waals surface area contributed by atoms with E-state index in [1.54, 1.807) is 35.4 Å². The molecule has 1 saturated heterocycles. The average molecular weight is 384 g/mol. The molecule has 27 heavy (non-hydrogen) atoms. The molecule has 8 heteroatoms. The van der Waals surface area contributed by atoms with Crippen molar-refractivity contribution in [2.45, 2.75) is 24.2 Å². The first-order chi connectivity index (χ1) is 13.0. The Balaban J connectivity index is 1.50. The van der Waals surface area contributed by atoms with Gasteiger partial charge in [0, 0.05) is 30.9 Å². The number of amides is 1. The van der Waals surface area contributed by atoms with E-state index in [4.69, 9.17) is 0 Å². The van der Waals surface area contributed by atoms with Crippen LogP contribution in [0.15, 0.2) is 58.0 Å². The number of sulfonamides is 1. The van der Waals surface area contributed by atoms with Gasteiger partial charge < -0.3 is 10.2 Å². The number of benzene rings is 1. The maximum Gasteiger partial charge on any atom is 0.286 e. The molecule has 1 atom stereocenters. The van der Waals surface area contributed by atoms with Crippen molar-refractivity contribution in [1.29, 1.82) is 0 Å². The molecule has 1 fully saturated rings. The molecule has 140 valence electrons. The number of hydrogen-bond acceptors (Lipinski definition) is 5. The van der Waals surface area contributed by atoms with Gasteiger partial charge in [-0.25, -0.2) is 0 Å². The molecule has 2 aromatic rings. The summed E-state index contributed by atoms with van der Waals surface area (Å²) in [6, 6.07) is 12.2. The van der Waals surface area contributed by atoms with E-state index in [1.807, 2.05) is 18.2 Å². The first-order valence-electron chi connectivity index (χ1n) is 8.91. The Morgan fingerprint density at radius 2 is 2.00 bits per heavy atom. The highest BCUT2D eigenvalue weighted by Crippen LogP contribution is 2.30. The minimum absolute atomic E-state index is 0.00179. The molecule has 0 aliphatic carbocycles. The number of nitrogens with zero attached hydrogens (tertiary/aromatic N) is 3. The molecule has 1 aromatic carbocycles. The van der Waals surface area contributed by atoms with E-state index < -0.39 is 10.0 Å². The first-order valence-corrected chi connectivity index (χ1v) is 10.4. The molecule has 0 spiro atoms. The lowest BCUT2D eigenvalue weighted by molar-refractivity contribution is -0.131. The second kappa shape index (κ2) is 7.11. The minimum Gasteiger partial charge on any atom is -0.342 e. The fourth-order valence-corrected chi connectivity index (χ4v) is 4.71. The summed E-state index contributed by atoms with van der Waals surface area (Å²) in [7, 11) is -3.71. The third-order valence-electron chi connectivity index (χ3n) is 4.87. The number of hydrogen-bond donors (Lipinski definition) is 1. The lowest BCUT2D eigenvalue weighted by atomic mass is 9.96. The van der Waals surface area contributed by atoms with Crippen LogP contribution in [-0.4, -0.2) is 43.1 Å².